The highest BCUT2D eigenvalue weighted by Gasteiger charge is 2.15. The summed E-state index contributed by atoms with van der Waals surface area (Å²) < 4.78 is 28.4. The Morgan fingerprint density at radius 2 is 2.16 bits per heavy atom. The molecule has 0 saturated heterocycles. The second-order valence-electron chi connectivity index (χ2n) is 4.28. The van der Waals surface area contributed by atoms with Crippen molar-refractivity contribution < 1.29 is 8.42 Å². The number of aryl methyl sites for hydroxylation is 1. The van der Waals surface area contributed by atoms with E-state index in [2.05, 4.69) is 9.82 Å². The minimum Gasteiger partial charge on any atom is -0.399 e. The zero-order valence-corrected chi connectivity index (χ0v) is 11.6. The Morgan fingerprint density at radius 3 is 2.74 bits per heavy atom. The van der Waals surface area contributed by atoms with E-state index in [0.717, 1.165) is 11.3 Å². The van der Waals surface area contributed by atoms with Crippen LogP contribution in [0.2, 0.25) is 0 Å². The Balaban J connectivity index is 2.17. The standard InChI is InChI=1S/C12H16N4O2S/c1-9-10(7-14-16(9)2)8-15-19(17,18)12-5-3-4-11(13)6-12/h3-7,15H,8,13H2,1-2H3. The van der Waals surface area contributed by atoms with Gasteiger partial charge in [0.05, 0.1) is 11.1 Å². The van der Waals surface area contributed by atoms with E-state index >= 15 is 0 Å². The summed E-state index contributed by atoms with van der Waals surface area (Å²) in [6.45, 7) is 2.09. The fraction of sp³-hybridized carbons (Fsp3) is 0.250. The minimum atomic E-state index is -3.56. The Morgan fingerprint density at radius 1 is 1.42 bits per heavy atom. The molecule has 0 unspecified atom stereocenters. The monoisotopic (exact) mass is 280 g/mol. The van der Waals surface area contributed by atoms with Gasteiger partial charge in [-0.1, -0.05) is 6.07 Å². The fourth-order valence-electron chi connectivity index (χ4n) is 1.66. The Bertz CT molecular complexity index is 692. The smallest absolute Gasteiger partial charge is 0.240 e. The van der Waals surface area contributed by atoms with E-state index in [1.807, 2.05) is 14.0 Å². The quantitative estimate of drug-likeness (QED) is 0.810. The van der Waals surface area contributed by atoms with Gasteiger partial charge in [0.25, 0.3) is 0 Å². The summed E-state index contributed by atoms with van der Waals surface area (Å²) in [7, 11) is -1.74. The lowest BCUT2D eigenvalue weighted by Gasteiger charge is -2.07. The number of benzene rings is 1. The van der Waals surface area contributed by atoms with E-state index in [-0.39, 0.29) is 11.4 Å². The largest absolute Gasteiger partial charge is 0.399 e. The van der Waals surface area contributed by atoms with Crippen LogP contribution in [-0.4, -0.2) is 18.2 Å². The van der Waals surface area contributed by atoms with Crippen molar-refractivity contribution in [3.63, 3.8) is 0 Å². The van der Waals surface area contributed by atoms with Gasteiger partial charge in [-0.2, -0.15) is 5.10 Å². The van der Waals surface area contributed by atoms with Crippen LogP contribution in [0.5, 0.6) is 0 Å². The predicted octanol–water partition coefficient (Wildman–Crippen LogP) is 0.789. The van der Waals surface area contributed by atoms with Crippen LogP contribution >= 0.6 is 0 Å². The van der Waals surface area contributed by atoms with Crippen LogP contribution in [0, 0.1) is 6.92 Å². The van der Waals surface area contributed by atoms with Crippen molar-refractivity contribution in [1.82, 2.24) is 14.5 Å². The maximum absolute atomic E-state index is 12.1. The van der Waals surface area contributed by atoms with Crippen LogP contribution in [0.4, 0.5) is 5.69 Å². The van der Waals surface area contributed by atoms with E-state index in [4.69, 9.17) is 5.73 Å². The highest BCUT2D eigenvalue weighted by molar-refractivity contribution is 7.89. The first-order chi connectivity index (χ1) is 8.90. The lowest BCUT2D eigenvalue weighted by Crippen LogP contribution is -2.23. The molecule has 3 N–H and O–H groups in total. The van der Waals surface area contributed by atoms with Crippen LogP contribution in [0.15, 0.2) is 35.4 Å². The SMILES string of the molecule is Cc1c(CNS(=O)(=O)c2cccc(N)c2)cnn1C. The van der Waals surface area contributed by atoms with Crippen molar-refractivity contribution in [3.8, 4) is 0 Å². The molecule has 102 valence electrons. The molecule has 1 aromatic heterocycles. The van der Waals surface area contributed by atoms with Gasteiger partial charge in [-0.05, 0) is 25.1 Å². The predicted molar refractivity (Wildman–Crippen MR) is 72.8 cm³/mol. The molecule has 0 aliphatic heterocycles. The number of nitrogens with two attached hydrogens (primary N) is 1. The molecule has 0 saturated carbocycles. The van der Waals surface area contributed by atoms with Crippen molar-refractivity contribution in [2.24, 2.45) is 7.05 Å². The maximum atomic E-state index is 12.1. The Hall–Kier alpha value is -1.86. The first kappa shape index (κ1) is 13.6. The van der Waals surface area contributed by atoms with Crippen LogP contribution < -0.4 is 10.5 Å². The average Bonchev–Trinajstić information content (AvgIpc) is 2.68. The van der Waals surface area contributed by atoms with Crippen molar-refractivity contribution in [2.45, 2.75) is 18.4 Å². The molecule has 0 radical (unpaired) electrons. The van der Waals surface area contributed by atoms with Crippen molar-refractivity contribution in [2.75, 3.05) is 5.73 Å². The summed E-state index contributed by atoms with van der Waals surface area (Å²) in [5, 5.41) is 4.07. The maximum Gasteiger partial charge on any atom is 0.240 e. The number of hydrogen-bond donors (Lipinski definition) is 2. The topological polar surface area (TPSA) is 90.0 Å². The third kappa shape index (κ3) is 2.94. The summed E-state index contributed by atoms with van der Waals surface area (Å²) in [5.74, 6) is 0. The second kappa shape index (κ2) is 5.02. The second-order valence-corrected chi connectivity index (χ2v) is 6.04. The molecular formula is C12H16N4O2S. The van der Waals surface area contributed by atoms with E-state index in [0.29, 0.717) is 5.69 Å². The number of sulfonamides is 1. The van der Waals surface area contributed by atoms with Crippen LogP contribution in [0.25, 0.3) is 0 Å². The molecule has 0 fully saturated rings. The van der Waals surface area contributed by atoms with Crippen molar-refractivity contribution in [3.05, 3.63) is 41.7 Å². The number of nitrogens with zero attached hydrogens (tertiary/aromatic N) is 2. The van der Waals surface area contributed by atoms with E-state index in [9.17, 15) is 8.42 Å². The zero-order valence-electron chi connectivity index (χ0n) is 10.8. The summed E-state index contributed by atoms with van der Waals surface area (Å²) in [4.78, 5) is 0.161. The van der Waals surface area contributed by atoms with Crippen LogP contribution in [-0.2, 0) is 23.6 Å². The molecule has 0 aliphatic rings. The Labute approximate surface area is 112 Å². The molecule has 2 rings (SSSR count). The molecule has 6 nitrogen and oxygen atoms in total. The lowest BCUT2D eigenvalue weighted by molar-refractivity contribution is 0.581. The average molecular weight is 280 g/mol. The molecule has 0 bridgehead atoms. The normalized spacial score (nSPS) is 11.7. The van der Waals surface area contributed by atoms with Gasteiger partial charge in [0, 0.05) is 30.5 Å². The van der Waals surface area contributed by atoms with Gasteiger partial charge in [-0.25, -0.2) is 13.1 Å². The number of nitrogens with one attached hydrogen (secondary N) is 1. The van der Waals surface area contributed by atoms with Gasteiger partial charge in [-0.3, -0.25) is 4.68 Å². The first-order valence-electron chi connectivity index (χ1n) is 5.73. The number of rotatable bonds is 4. The van der Waals surface area contributed by atoms with Crippen molar-refractivity contribution >= 4 is 15.7 Å². The molecule has 19 heavy (non-hydrogen) atoms. The van der Waals surface area contributed by atoms with E-state index < -0.39 is 10.0 Å². The zero-order chi connectivity index (χ0) is 14.0. The minimum absolute atomic E-state index is 0.161. The van der Waals surface area contributed by atoms with Crippen LogP contribution in [0.1, 0.15) is 11.3 Å². The highest BCUT2D eigenvalue weighted by Crippen LogP contribution is 2.13. The number of nitrogen functional groups attached to an aromatic ring is 1. The molecular weight excluding hydrogens is 264 g/mol. The third-order valence-corrected chi connectivity index (χ3v) is 4.36. The number of aromatic nitrogens is 2. The molecule has 0 spiro atoms. The first-order valence-corrected chi connectivity index (χ1v) is 7.21. The molecule has 0 amide bonds. The summed E-state index contributed by atoms with van der Waals surface area (Å²) in [6, 6.07) is 6.19. The molecule has 7 heteroatoms. The van der Waals surface area contributed by atoms with E-state index in [1.54, 1.807) is 23.0 Å². The molecule has 0 aliphatic carbocycles. The van der Waals surface area contributed by atoms with Gasteiger partial charge in [0.2, 0.25) is 10.0 Å². The van der Waals surface area contributed by atoms with E-state index in [1.165, 1.54) is 12.1 Å². The number of hydrogen-bond acceptors (Lipinski definition) is 4. The molecule has 2 aromatic rings. The lowest BCUT2D eigenvalue weighted by atomic mass is 10.3. The summed E-state index contributed by atoms with van der Waals surface area (Å²) in [5.41, 5.74) is 7.77. The molecule has 1 aromatic carbocycles. The highest BCUT2D eigenvalue weighted by atomic mass is 32.2. The third-order valence-electron chi connectivity index (χ3n) is 2.96. The number of anilines is 1. The summed E-state index contributed by atoms with van der Waals surface area (Å²) >= 11 is 0. The van der Waals surface area contributed by atoms with Gasteiger partial charge in [-0.15, -0.1) is 0 Å². The van der Waals surface area contributed by atoms with Gasteiger partial charge < -0.3 is 5.73 Å². The van der Waals surface area contributed by atoms with Crippen molar-refractivity contribution in [1.29, 1.82) is 0 Å². The Kier molecular flexibility index (Phi) is 3.59. The summed E-state index contributed by atoms with van der Waals surface area (Å²) in [6.07, 6.45) is 1.65. The molecule has 1 heterocycles. The van der Waals surface area contributed by atoms with Gasteiger partial charge >= 0.3 is 0 Å². The van der Waals surface area contributed by atoms with Crippen LogP contribution in [0.3, 0.4) is 0 Å². The van der Waals surface area contributed by atoms with Gasteiger partial charge in [0.1, 0.15) is 0 Å². The fourth-order valence-corrected chi connectivity index (χ4v) is 2.72. The molecule has 0 atom stereocenters. The van der Waals surface area contributed by atoms with Gasteiger partial charge in [0.15, 0.2) is 0 Å².